The number of hydrogen-bond acceptors (Lipinski definition) is 4. The highest BCUT2D eigenvalue weighted by Gasteiger charge is 2.41. The lowest BCUT2D eigenvalue weighted by atomic mass is 9.86. The van der Waals surface area contributed by atoms with Gasteiger partial charge in [-0.2, -0.15) is 0 Å². The minimum atomic E-state index is -0.0649. The molecule has 1 saturated heterocycles. The Balaban J connectivity index is 1.39. The van der Waals surface area contributed by atoms with Gasteiger partial charge in [0.25, 0.3) is 5.91 Å². The number of amides is 1. The molecule has 0 radical (unpaired) electrons. The molecule has 0 saturated carbocycles. The zero-order chi connectivity index (χ0) is 22.9. The Hall–Kier alpha value is -3.70. The van der Waals surface area contributed by atoms with Crippen LogP contribution in [0.2, 0.25) is 0 Å². The number of fused-ring (bicyclic) bond motifs is 3. The van der Waals surface area contributed by atoms with Crippen molar-refractivity contribution in [2.45, 2.75) is 37.9 Å². The van der Waals surface area contributed by atoms with E-state index < -0.39 is 0 Å². The molecule has 170 valence electrons. The van der Waals surface area contributed by atoms with Gasteiger partial charge in [0.1, 0.15) is 5.76 Å². The van der Waals surface area contributed by atoms with Crippen molar-refractivity contribution in [2.24, 2.45) is 0 Å². The summed E-state index contributed by atoms with van der Waals surface area (Å²) in [6, 6.07) is 23.4. The van der Waals surface area contributed by atoms with Gasteiger partial charge in [-0.1, -0.05) is 42.5 Å². The Morgan fingerprint density at radius 1 is 1.00 bits per heavy atom. The van der Waals surface area contributed by atoms with Gasteiger partial charge >= 0.3 is 0 Å². The van der Waals surface area contributed by atoms with Gasteiger partial charge in [0, 0.05) is 36.6 Å². The van der Waals surface area contributed by atoms with Gasteiger partial charge in [-0.05, 0) is 71.0 Å². The van der Waals surface area contributed by atoms with Crippen LogP contribution in [-0.4, -0.2) is 34.4 Å². The van der Waals surface area contributed by atoms with Gasteiger partial charge in [-0.3, -0.25) is 14.7 Å². The molecule has 2 aliphatic rings. The fourth-order valence-electron chi connectivity index (χ4n) is 5.70. The van der Waals surface area contributed by atoms with Gasteiger partial charge in [-0.15, -0.1) is 0 Å². The van der Waals surface area contributed by atoms with Crippen LogP contribution in [0, 0.1) is 0 Å². The quantitative estimate of drug-likeness (QED) is 0.425. The van der Waals surface area contributed by atoms with Crippen LogP contribution >= 0.6 is 0 Å². The van der Waals surface area contributed by atoms with Crippen LogP contribution in [0.25, 0.3) is 16.3 Å². The second-order valence-electron chi connectivity index (χ2n) is 9.15. The maximum Gasteiger partial charge on any atom is 0.251 e. The molecule has 34 heavy (non-hydrogen) atoms. The highest BCUT2D eigenvalue weighted by molar-refractivity contribution is 5.96. The van der Waals surface area contributed by atoms with Crippen molar-refractivity contribution in [1.29, 1.82) is 0 Å². The Morgan fingerprint density at radius 2 is 1.85 bits per heavy atom. The molecule has 4 aromatic rings. The standard InChI is InChI=1S/C29H27N3O2/c33-29(21-12-14-30-15-13-21)31-18-27-26(25-9-3-6-20-5-1-2-8-24(20)25)17-22-10-11-28(27)32(22)19-23-7-4-16-34-23/h1-9,12-16,22,28H,10-11,17-19H2,(H,31,33)/t22-,28+/m0/s1. The first-order chi connectivity index (χ1) is 16.8. The van der Waals surface area contributed by atoms with Gasteiger partial charge in [-0.25, -0.2) is 0 Å². The van der Waals surface area contributed by atoms with Gasteiger partial charge in [0.2, 0.25) is 0 Å². The topological polar surface area (TPSA) is 58.4 Å². The van der Waals surface area contributed by atoms with Crippen molar-refractivity contribution in [2.75, 3.05) is 6.54 Å². The zero-order valence-electron chi connectivity index (χ0n) is 19.0. The minimum absolute atomic E-state index is 0.0649. The number of carbonyl (C=O) groups excluding carboxylic acids is 1. The number of aromatic nitrogens is 1. The largest absolute Gasteiger partial charge is 0.468 e. The summed E-state index contributed by atoms with van der Waals surface area (Å²) in [5.74, 6) is 0.926. The Morgan fingerprint density at radius 3 is 2.71 bits per heavy atom. The summed E-state index contributed by atoms with van der Waals surface area (Å²) in [5, 5.41) is 5.73. The molecule has 5 heteroatoms. The molecule has 5 nitrogen and oxygen atoms in total. The molecule has 2 aliphatic heterocycles. The fraction of sp³-hybridized carbons (Fsp3) is 0.241. The van der Waals surface area contributed by atoms with Crippen molar-refractivity contribution in [3.8, 4) is 0 Å². The molecule has 0 aliphatic carbocycles. The third-order valence-electron chi connectivity index (χ3n) is 7.29. The van der Waals surface area contributed by atoms with Crippen molar-refractivity contribution in [3.05, 3.63) is 108 Å². The average Bonchev–Trinajstić information content (AvgIpc) is 3.50. The summed E-state index contributed by atoms with van der Waals surface area (Å²) in [4.78, 5) is 19.5. The van der Waals surface area contributed by atoms with Crippen LogP contribution in [0.3, 0.4) is 0 Å². The lowest BCUT2D eigenvalue weighted by Crippen LogP contribution is -2.43. The average molecular weight is 450 g/mol. The predicted molar refractivity (Wildman–Crippen MR) is 133 cm³/mol. The first-order valence-electron chi connectivity index (χ1n) is 11.9. The van der Waals surface area contributed by atoms with Gasteiger partial charge < -0.3 is 9.73 Å². The van der Waals surface area contributed by atoms with E-state index in [0.29, 0.717) is 18.2 Å². The number of carbonyl (C=O) groups is 1. The molecule has 0 unspecified atom stereocenters. The molecule has 4 heterocycles. The normalized spacial score (nSPS) is 20.1. The van der Waals surface area contributed by atoms with E-state index >= 15 is 0 Å². The lowest BCUT2D eigenvalue weighted by Gasteiger charge is -2.38. The number of nitrogens with one attached hydrogen (secondary N) is 1. The van der Waals surface area contributed by atoms with E-state index in [1.807, 2.05) is 12.1 Å². The fourth-order valence-corrected chi connectivity index (χ4v) is 5.70. The molecule has 2 atom stereocenters. The summed E-state index contributed by atoms with van der Waals surface area (Å²) in [7, 11) is 0. The maximum absolute atomic E-state index is 12.9. The highest BCUT2D eigenvalue weighted by atomic mass is 16.3. The Bertz CT molecular complexity index is 1340. The number of rotatable bonds is 6. The molecule has 2 aromatic heterocycles. The van der Waals surface area contributed by atoms with Crippen molar-refractivity contribution >= 4 is 22.3 Å². The smallest absolute Gasteiger partial charge is 0.251 e. The predicted octanol–water partition coefficient (Wildman–Crippen LogP) is 5.45. The van der Waals surface area contributed by atoms with Crippen LogP contribution in [0.4, 0.5) is 0 Å². The zero-order valence-corrected chi connectivity index (χ0v) is 19.0. The Labute approximate surface area is 199 Å². The summed E-state index contributed by atoms with van der Waals surface area (Å²) < 4.78 is 5.69. The van der Waals surface area contributed by atoms with E-state index in [1.165, 1.54) is 27.5 Å². The monoisotopic (exact) mass is 449 g/mol. The molecule has 1 N–H and O–H groups in total. The lowest BCUT2D eigenvalue weighted by molar-refractivity contribution is 0.0954. The van der Waals surface area contributed by atoms with Crippen LogP contribution in [0.15, 0.2) is 95.4 Å². The summed E-state index contributed by atoms with van der Waals surface area (Å²) in [6.07, 6.45) is 8.29. The molecule has 1 amide bonds. The summed E-state index contributed by atoms with van der Waals surface area (Å²) in [6.45, 7) is 1.33. The number of benzene rings is 2. The van der Waals surface area contributed by atoms with E-state index in [9.17, 15) is 4.79 Å². The van der Waals surface area contributed by atoms with Crippen LogP contribution in [-0.2, 0) is 6.54 Å². The van der Waals surface area contributed by atoms with Crippen molar-refractivity contribution < 1.29 is 9.21 Å². The van der Waals surface area contributed by atoms with Crippen LogP contribution in [0.1, 0.15) is 40.9 Å². The molecular formula is C29H27N3O2. The molecule has 2 bridgehead atoms. The third-order valence-corrected chi connectivity index (χ3v) is 7.29. The first-order valence-corrected chi connectivity index (χ1v) is 11.9. The second kappa shape index (κ2) is 8.92. The van der Waals surface area contributed by atoms with E-state index in [4.69, 9.17) is 4.42 Å². The van der Waals surface area contributed by atoms with E-state index in [1.54, 1.807) is 30.8 Å². The summed E-state index contributed by atoms with van der Waals surface area (Å²) in [5.41, 5.74) is 4.63. The maximum atomic E-state index is 12.9. The highest BCUT2D eigenvalue weighted by Crippen LogP contribution is 2.44. The van der Waals surface area contributed by atoms with Crippen LogP contribution in [0.5, 0.6) is 0 Å². The van der Waals surface area contributed by atoms with Crippen LogP contribution < -0.4 is 5.32 Å². The number of nitrogens with zero attached hydrogens (tertiary/aromatic N) is 2. The number of furan rings is 1. The SMILES string of the molecule is O=C(NCC1=C(c2cccc3ccccc23)C[C@@H]2CC[C@H]1N2Cc1ccco1)c1ccncc1. The summed E-state index contributed by atoms with van der Waals surface area (Å²) >= 11 is 0. The number of hydrogen-bond donors (Lipinski definition) is 1. The van der Waals surface area contributed by atoms with E-state index in [2.05, 4.69) is 57.7 Å². The number of pyridine rings is 1. The molecular weight excluding hydrogens is 422 g/mol. The molecule has 6 rings (SSSR count). The van der Waals surface area contributed by atoms with E-state index in [0.717, 1.165) is 31.6 Å². The van der Waals surface area contributed by atoms with Crippen molar-refractivity contribution in [3.63, 3.8) is 0 Å². The molecule has 2 aromatic carbocycles. The van der Waals surface area contributed by atoms with Gasteiger partial charge in [0.15, 0.2) is 0 Å². The minimum Gasteiger partial charge on any atom is -0.468 e. The third kappa shape index (κ3) is 3.82. The first kappa shape index (κ1) is 20.9. The Kier molecular flexibility index (Phi) is 5.47. The second-order valence-corrected chi connectivity index (χ2v) is 9.15. The molecule has 0 spiro atoms. The molecule has 1 fully saturated rings. The van der Waals surface area contributed by atoms with Gasteiger partial charge in [0.05, 0.1) is 12.8 Å². The van der Waals surface area contributed by atoms with Crippen molar-refractivity contribution in [1.82, 2.24) is 15.2 Å². The van der Waals surface area contributed by atoms with E-state index in [-0.39, 0.29) is 11.9 Å².